The van der Waals surface area contributed by atoms with Gasteiger partial charge in [-0.1, -0.05) is 0 Å². The van der Waals surface area contributed by atoms with Gasteiger partial charge >= 0.3 is 0 Å². The van der Waals surface area contributed by atoms with Crippen LogP contribution in [-0.4, -0.2) is 55.8 Å². The van der Waals surface area contributed by atoms with E-state index in [1.54, 1.807) is 0 Å². The topological polar surface area (TPSA) is 90.2 Å². The van der Waals surface area contributed by atoms with Gasteiger partial charge < -0.3 is 25.2 Å². The van der Waals surface area contributed by atoms with Crippen molar-refractivity contribution in [1.29, 1.82) is 0 Å². The Labute approximate surface area is 93.5 Å². The number of rotatable bonds is 1. The van der Waals surface area contributed by atoms with Gasteiger partial charge in [-0.05, 0) is 27.7 Å². The van der Waals surface area contributed by atoms with Crippen LogP contribution in [0.1, 0.15) is 27.7 Å². The number of aliphatic hydroxyl groups is 4. The second-order valence-corrected chi connectivity index (χ2v) is 4.99. The predicted molar refractivity (Wildman–Crippen MR) is 53.3 cm³/mol. The summed E-state index contributed by atoms with van der Waals surface area (Å²) in [5, 5.41) is 39.0. The molecule has 0 aliphatic carbocycles. The highest BCUT2D eigenvalue weighted by Crippen LogP contribution is 2.49. The lowest BCUT2D eigenvalue weighted by molar-refractivity contribution is -0.407. The Hall–Kier alpha value is -0.270. The number of hydrogen-bond donors (Lipinski definition) is 4. The third-order valence-electron chi connectivity index (χ3n) is 3.94. The molecule has 0 amide bonds. The zero-order valence-electron chi connectivity index (χ0n) is 9.86. The van der Waals surface area contributed by atoms with E-state index in [4.69, 9.17) is 9.84 Å². The first-order valence-corrected chi connectivity index (χ1v) is 5.06. The van der Waals surface area contributed by atoms with E-state index in [1.807, 2.05) is 0 Å². The molecule has 0 bridgehead atoms. The number of aliphatic hydroxyl groups excluding tert-OH is 1. The normalized spacial score (nSPS) is 58.7. The smallest absolute Gasteiger partial charge is 0.200 e. The Bertz CT molecular complexity index is 285. The van der Waals surface area contributed by atoms with E-state index >= 15 is 0 Å². The second kappa shape index (κ2) is 3.36. The molecule has 0 aromatic heterocycles. The average Bonchev–Trinajstić information content (AvgIpc) is 2.11. The molecule has 6 heteroatoms. The van der Waals surface area contributed by atoms with Gasteiger partial charge in [0.25, 0.3) is 0 Å². The highest BCUT2D eigenvalue weighted by molar-refractivity contribution is 5.17. The highest BCUT2D eigenvalue weighted by atomic mass is 19.1. The zero-order valence-corrected chi connectivity index (χ0v) is 9.86. The molecular weight excluding hydrogens is 219 g/mol. The summed E-state index contributed by atoms with van der Waals surface area (Å²) in [6.45, 7) is 3.55. The van der Waals surface area contributed by atoms with Crippen LogP contribution in [0.3, 0.4) is 0 Å². The number of ether oxygens (including phenoxy) is 1. The van der Waals surface area contributed by atoms with Crippen molar-refractivity contribution in [3.63, 3.8) is 0 Å². The van der Waals surface area contributed by atoms with E-state index in [0.29, 0.717) is 0 Å². The van der Waals surface area contributed by atoms with E-state index in [0.717, 1.165) is 27.7 Å². The third kappa shape index (κ3) is 1.41. The number of hydrogen-bond acceptors (Lipinski definition) is 5. The first kappa shape index (κ1) is 13.8. The van der Waals surface area contributed by atoms with Crippen LogP contribution in [0.15, 0.2) is 0 Å². The molecule has 5 nitrogen and oxygen atoms in total. The molecule has 1 rings (SSSR count). The fourth-order valence-electron chi connectivity index (χ4n) is 1.96. The van der Waals surface area contributed by atoms with Crippen LogP contribution in [0, 0.1) is 0 Å². The first-order chi connectivity index (χ1) is 6.92. The van der Waals surface area contributed by atoms with Gasteiger partial charge in [0.15, 0.2) is 5.67 Å². The molecule has 5 unspecified atom stereocenters. The quantitative estimate of drug-likeness (QED) is 0.486. The van der Waals surface area contributed by atoms with Crippen LogP contribution in [0.2, 0.25) is 0 Å². The van der Waals surface area contributed by atoms with Crippen molar-refractivity contribution in [1.82, 2.24) is 0 Å². The van der Waals surface area contributed by atoms with Crippen molar-refractivity contribution in [3.8, 4) is 0 Å². The summed E-state index contributed by atoms with van der Waals surface area (Å²) in [6.07, 6.45) is -1.28. The Morgan fingerprint density at radius 3 is 1.94 bits per heavy atom. The molecular formula is C10H19FO5. The molecule has 1 aliphatic heterocycles. The Balaban J connectivity index is 3.30. The summed E-state index contributed by atoms with van der Waals surface area (Å²) in [5.74, 6) is -2.30. The first-order valence-electron chi connectivity index (χ1n) is 5.06. The lowest BCUT2D eigenvalue weighted by atomic mass is 9.66. The minimum absolute atomic E-state index is 0.643. The lowest BCUT2D eigenvalue weighted by Gasteiger charge is -2.58. The Morgan fingerprint density at radius 1 is 1.12 bits per heavy atom. The zero-order chi connectivity index (χ0) is 13.0. The van der Waals surface area contributed by atoms with Gasteiger partial charge in [-0.15, -0.1) is 0 Å². The molecule has 4 N–H and O–H groups in total. The summed E-state index contributed by atoms with van der Waals surface area (Å²) in [5.41, 5.74) is -6.88. The third-order valence-corrected chi connectivity index (χ3v) is 3.94. The summed E-state index contributed by atoms with van der Waals surface area (Å²) < 4.78 is 19.3. The van der Waals surface area contributed by atoms with Crippen molar-refractivity contribution in [2.45, 2.75) is 56.5 Å². The van der Waals surface area contributed by atoms with Gasteiger partial charge in [0.2, 0.25) is 5.79 Å². The van der Waals surface area contributed by atoms with E-state index in [1.165, 1.54) is 0 Å². The molecule has 96 valence electrons. The van der Waals surface area contributed by atoms with Gasteiger partial charge in [0.1, 0.15) is 17.3 Å². The van der Waals surface area contributed by atoms with E-state index in [-0.39, 0.29) is 0 Å². The van der Waals surface area contributed by atoms with Crippen molar-refractivity contribution in [2.24, 2.45) is 0 Å². The van der Waals surface area contributed by atoms with Crippen molar-refractivity contribution < 1.29 is 29.6 Å². The lowest BCUT2D eigenvalue weighted by Crippen LogP contribution is -2.79. The summed E-state index contributed by atoms with van der Waals surface area (Å²) >= 11 is 0. The molecule has 5 atom stereocenters. The summed E-state index contributed by atoms with van der Waals surface area (Å²) in [7, 11) is 0. The standard InChI is InChI=1S/C10H19FO5/c1-7(13)6(5-12)16-10(4,15)8(2,11)9(7,3)14/h6,12-15H,5H2,1-4H3. The van der Waals surface area contributed by atoms with Crippen LogP contribution in [0.5, 0.6) is 0 Å². The van der Waals surface area contributed by atoms with Crippen molar-refractivity contribution >= 4 is 0 Å². The van der Waals surface area contributed by atoms with E-state index in [9.17, 15) is 19.7 Å². The average molecular weight is 238 g/mol. The van der Waals surface area contributed by atoms with Gasteiger partial charge in [-0.3, -0.25) is 0 Å². The SMILES string of the molecule is CC1(O)OC(CO)C(C)(O)C(C)(O)C1(C)F. The number of halogens is 1. The number of alkyl halides is 1. The minimum atomic E-state index is -2.59. The Kier molecular flexibility index (Phi) is 2.90. The maximum absolute atomic E-state index is 14.4. The van der Waals surface area contributed by atoms with E-state index < -0.39 is 35.4 Å². The van der Waals surface area contributed by atoms with Crippen LogP contribution in [0.25, 0.3) is 0 Å². The monoisotopic (exact) mass is 238 g/mol. The molecule has 0 aromatic carbocycles. The summed E-state index contributed by atoms with van der Waals surface area (Å²) in [4.78, 5) is 0. The van der Waals surface area contributed by atoms with Crippen LogP contribution < -0.4 is 0 Å². The molecule has 16 heavy (non-hydrogen) atoms. The van der Waals surface area contributed by atoms with Crippen LogP contribution in [-0.2, 0) is 4.74 Å². The molecule has 0 spiro atoms. The Morgan fingerprint density at radius 2 is 1.56 bits per heavy atom. The highest BCUT2D eigenvalue weighted by Gasteiger charge is 2.71. The maximum atomic E-state index is 14.4. The maximum Gasteiger partial charge on any atom is 0.200 e. The van der Waals surface area contributed by atoms with Gasteiger partial charge in [-0.2, -0.15) is 0 Å². The molecule has 1 heterocycles. The fraction of sp³-hybridized carbons (Fsp3) is 1.00. The van der Waals surface area contributed by atoms with Crippen LogP contribution >= 0.6 is 0 Å². The van der Waals surface area contributed by atoms with Crippen molar-refractivity contribution in [2.75, 3.05) is 6.61 Å². The minimum Gasteiger partial charge on any atom is -0.394 e. The molecule has 1 aliphatic rings. The summed E-state index contributed by atoms with van der Waals surface area (Å²) in [6, 6.07) is 0. The molecule has 0 aromatic rings. The predicted octanol–water partition coefficient (Wildman–Crippen LogP) is -0.684. The fourth-order valence-corrected chi connectivity index (χ4v) is 1.96. The molecule has 0 saturated carbocycles. The van der Waals surface area contributed by atoms with Crippen molar-refractivity contribution in [3.05, 3.63) is 0 Å². The molecule has 1 fully saturated rings. The van der Waals surface area contributed by atoms with E-state index in [2.05, 4.69) is 0 Å². The van der Waals surface area contributed by atoms with Gasteiger partial charge in [0.05, 0.1) is 6.61 Å². The van der Waals surface area contributed by atoms with Gasteiger partial charge in [0, 0.05) is 0 Å². The van der Waals surface area contributed by atoms with Gasteiger partial charge in [-0.25, -0.2) is 4.39 Å². The largest absolute Gasteiger partial charge is 0.394 e. The molecule has 0 radical (unpaired) electrons. The van der Waals surface area contributed by atoms with Crippen LogP contribution in [0.4, 0.5) is 4.39 Å². The second-order valence-electron chi connectivity index (χ2n) is 4.99. The molecule has 1 saturated heterocycles.